The van der Waals surface area contributed by atoms with Crippen molar-refractivity contribution >= 4 is 6.29 Å². The minimum atomic E-state index is -0.0792. The molecule has 0 fully saturated rings. The van der Waals surface area contributed by atoms with Crippen molar-refractivity contribution in [1.82, 2.24) is 4.98 Å². The second kappa shape index (κ2) is 3.92. The topological polar surface area (TPSA) is 49.9 Å². The molecule has 0 atom stereocenters. The summed E-state index contributed by atoms with van der Waals surface area (Å²) in [6.07, 6.45) is 2.35. The van der Waals surface area contributed by atoms with E-state index in [2.05, 4.69) is 4.98 Å². The van der Waals surface area contributed by atoms with Gasteiger partial charge in [-0.05, 0) is 0 Å². The molecule has 0 amide bonds. The Bertz CT molecular complexity index is 543. The molecule has 1 aromatic heterocycles. The minimum absolute atomic E-state index is 0.0792. The predicted molar refractivity (Wildman–Crippen MR) is 57.9 cm³/mol. The zero-order chi connectivity index (χ0) is 10.7. The number of H-pyrrole nitrogens is 1. The molecular formula is C12H9NO2. The molecule has 1 N–H and O–H groups in total. The number of hydrogen-bond acceptors (Lipinski definition) is 2. The summed E-state index contributed by atoms with van der Waals surface area (Å²) >= 11 is 0. The van der Waals surface area contributed by atoms with Gasteiger partial charge in [-0.2, -0.15) is 0 Å². The lowest BCUT2D eigenvalue weighted by Crippen LogP contribution is -1.99. The van der Waals surface area contributed by atoms with E-state index in [1.807, 2.05) is 6.07 Å². The van der Waals surface area contributed by atoms with Gasteiger partial charge in [0.2, 0.25) is 0 Å². The third kappa shape index (κ3) is 1.86. The van der Waals surface area contributed by atoms with Gasteiger partial charge in [0.05, 0.1) is 0 Å². The molecule has 0 aliphatic heterocycles. The summed E-state index contributed by atoms with van der Waals surface area (Å²) in [4.78, 5) is 24.9. The molecule has 3 heteroatoms. The molecule has 0 spiro atoms. The number of carbonyl (C=O) groups is 1. The molecule has 0 aliphatic rings. The van der Waals surface area contributed by atoms with Crippen molar-refractivity contribution in [1.29, 1.82) is 0 Å². The Balaban J connectivity index is 2.63. The van der Waals surface area contributed by atoms with Gasteiger partial charge in [0.25, 0.3) is 0 Å². The van der Waals surface area contributed by atoms with Crippen LogP contribution in [0.25, 0.3) is 11.3 Å². The predicted octanol–water partition coefficient (Wildman–Crippen LogP) is 1.85. The highest BCUT2D eigenvalue weighted by Crippen LogP contribution is 2.18. The van der Waals surface area contributed by atoms with E-state index < -0.39 is 0 Å². The third-order valence-electron chi connectivity index (χ3n) is 2.15. The van der Waals surface area contributed by atoms with Crippen LogP contribution in [0.3, 0.4) is 0 Å². The molecule has 1 aromatic carbocycles. The van der Waals surface area contributed by atoms with E-state index in [1.165, 1.54) is 12.1 Å². The number of benzene rings is 1. The molecule has 0 radical (unpaired) electrons. The molecule has 3 nitrogen and oxygen atoms in total. The zero-order valence-corrected chi connectivity index (χ0v) is 7.94. The average Bonchev–Trinajstić information content (AvgIpc) is 2.29. The van der Waals surface area contributed by atoms with Gasteiger partial charge in [-0.1, -0.05) is 24.3 Å². The molecular weight excluding hydrogens is 190 g/mol. The number of aldehydes is 1. The first-order valence-corrected chi connectivity index (χ1v) is 4.54. The van der Waals surface area contributed by atoms with Crippen molar-refractivity contribution in [2.45, 2.75) is 0 Å². The number of aromatic amines is 1. The van der Waals surface area contributed by atoms with E-state index in [4.69, 9.17) is 0 Å². The number of rotatable bonds is 2. The van der Waals surface area contributed by atoms with Crippen LogP contribution in [0.4, 0.5) is 0 Å². The van der Waals surface area contributed by atoms with Crippen molar-refractivity contribution in [3.63, 3.8) is 0 Å². The lowest BCUT2D eigenvalue weighted by Gasteiger charge is -2.03. The number of carbonyl (C=O) groups excluding carboxylic acids is 1. The molecule has 74 valence electrons. The maximum Gasteiger partial charge on any atom is 0.182 e. The standard InChI is InChI=1S/C12H9NO2/c14-8-9-3-1-2-4-11(9)12-7-10(15)5-6-13-12/h1-8H,(H,13,15). The van der Waals surface area contributed by atoms with Gasteiger partial charge in [-0.3, -0.25) is 9.59 Å². The Hall–Kier alpha value is -2.16. The van der Waals surface area contributed by atoms with Crippen LogP contribution < -0.4 is 5.43 Å². The summed E-state index contributed by atoms with van der Waals surface area (Å²) < 4.78 is 0. The fraction of sp³-hybridized carbons (Fsp3) is 0. The van der Waals surface area contributed by atoms with Gasteiger partial charge >= 0.3 is 0 Å². The van der Waals surface area contributed by atoms with Gasteiger partial charge in [-0.25, -0.2) is 0 Å². The van der Waals surface area contributed by atoms with E-state index in [9.17, 15) is 9.59 Å². The normalized spacial score (nSPS) is 9.87. The van der Waals surface area contributed by atoms with Gasteiger partial charge < -0.3 is 4.98 Å². The van der Waals surface area contributed by atoms with Crippen LogP contribution in [0.15, 0.2) is 47.4 Å². The monoisotopic (exact) mass is 199 g/mol. The van der Waals surface area contributed by atoms with Crippen molar-refractivity contribution in [2.24, 2.45) is 0 Å². The number of aromatic nitrogens is 1. The largest absolute Gasteiger partial charge is 0.361 e. The van der Waals surface area contributed by atoms with E-state index in [-0.39, 0.29) is 5.43 Å². The maximum absolute atomic E-state index is 11.2. The summed E-state index contributed by atoms with van der Waals surface area (Å²) in [6.45, 7) is 0. The van der Waals surface area contributed by atoms with Crippen LogP contribution in [0.1, 0.15) is 10.4 Å². The highest BCUT2D eigenvalue weighted by Gasteiger charge is 2.03. The van der Waals surface area contributed by atoms with Crippen LogP contribution in [-0.2, 0) is 0 Å². The fourth-order valence-corrected chi connectivity index (χ4v) is 1.45. The maximum atomic E-state index is 11.2. The van der Waals surface area contributed by atoms with E-state index >= 15 is 0 Å². The molecule has 0 saturated heterocycles. The Morgan fingerprint density at radius 2 is 1.93 bits per heavy atom. The molecule has 0 aliphatic carbocycles. The van der Waals surface area contributed by atoms with Gasteiger partial charge in [0.15, 0.2) is 11.7 Å². The van der Waals surface area contributed by atoms with Gasteiger partial charge in [0, 0.05) is 35.2 Å². The first kappa shape index (κ1) is 9.40. The molecule has 2 rings (SSSR count). The first-order chi connectivity index (χ1) is 7.31. The van der Waals surface area contributed by atoms with Crippen molar-refractivity contribution in [3.8, 4) is 11.3 Å². The van der Waals surface area contributed by atoms with Crippen LogP contribution in [-0.4, -0.2) is 11.3 Å². The second-order valence-corrected chi connectivity index (χ2v) is 3.14. The highest BCUT2D eigenvalue weighted by atomic mass is 16.1. The van der Waals surface area contributed by atoms with Crippen molar-refractivity contribution < 1.29 is 4.79 Å². The van der Waals surface area contributed by atoms with E-state index in [0.29, 0.717) is 11.3 Å². The van der Waals surface area contributed by atoms with E-state index in [1.54, 1.807) is 24.4 Å². The minimum Gasteiger partial charge on any atom is -0.361 e. The van der Waals surface area contributed by atoms with Crippen molar-refractivity contribution in [2.75, 3.05) is 0 Å². The number of hydrogen-bond donors (Lipinski definition) is 1. The molecule has 0 saturated carbocycles. The summed E-state index contributed by atoms with van der Waals surface area (Å²) in [5, 5.41) is 0. The number of nitrogens with one attached hydrogen (secondary N) is 1. The Morgan fingerprint density at radius 3 is 2.67 bits per heavy atom. The van der Waals surface area contributed by atoms with Gasteiger partial charge in [-0.15, -0.1) is 0 Å². The fourth-order valence-electron chi connectivity index (χ4n) is 1.45. The molecule has 0 unspecified atom stereocenters. The van der Waals surface area contributed by atoms with Crippen LogP contribution in [0, 0.1) is 0 Å². The van der Waals surface area contributed by atoms with E-state index in [0.717, 1.165) is 11.8 Å². The molecule has 15 heavy (non-hydrogen) atoms. The Kier molecular flexibility index (Phi) is 2.46. The summed E-state index contributed by atoms with van der Waals surface area (Å²) in [5.74, 6) is 0. The zero-order valence-electron chi connectivity index (χ0n) is 7.94. The van der Waals surface area contributed by atoms with Crippen molar-refractivity contribution in [3.05, 3.63) is 58.4 Å². The van der Waals surface area contributed by atoms with Crippen LogP contribution in [0.5, 0.6) is 0 Å². The molecule has 1 heterocycles. The average molecular weight is 199 g/mol. The van der Waals surface area contributed by atoms with Crippen LogP contribution >= 0.6 is 0 Å². The molecule has 0 bridgehead atoms. The first-order valence-electron chi connectivity index (χ1n) is 4.54. The molecule has 2 aromatic rings. The summed E-state index contributed by atoms with van der Waals surface area (Å²) in [6, 6.07) is 10.0. The Morgan fingerprint density at radius 1 is 1.13 bits per heavy atom. The lowest BCUT2D eigenvalue weighted by molar-refractivity contribution is 0.112. The quantitative estimate of drug-likeness (QED) is 0.750. The number of pyridine rings is 1. The SMILES string of the molecule is O=Cc1ccccc1-c1cc(=O)cc[nH]1. The lowest BCUT2D eigenvalue weighted by atomic mass is 10.1. The summed E-state index contributed by atoms with van der Waals surface area (Å²) in [7, 11) is 0. The Labute approximate surface area is 86.4 Å². The third-order valence-corrected chi connectivity index (χ3v) is 2.15. The smallest absolute Gasteiger partial charge is 0.182 e. The second-order valence-electron chi connectivity index (χ2n) is 3.14. The van der Waals surface area contributed by atoms with Gasteiger partial charge in [0.1, 0.15) is 0 Å². The van der Waals surface area contributed by atoms with Crippen LogP contribution in [0.2, 0.25) is 0 Å². The highest BCUT2D eigenvalue weighted by molar-refractivity contribution is 5.86. The summed E-state index contributed by atoms with van der Waals surface area (Å²) in [5.41, 5.74) is 1.89.